The van der Waals surface area contributed by atoms with Crippen LogP contribution in [0.4, 0.5) is 5.69 Å². The molecule has 0 spiro atoms. The zero-order valence-electron chi connectivity index (χ0n) is 16.0. The third-order valence-corrected chi connectivity index (χ3v) is 6.66. The fourth-order valence-corrected chi connectivity index (χ4v) is 4.76. The second-order valence-electron chi connectivity index (χ2n) is 6.67. The fourth-order valence-electron chi connectivity index (χ4n) is 2.85. The van der Waals surface area contributed by atoms with Crippen molar-refractivity contribution in [1.82, 2.24) is 9.71 Å². The van der Waals surface area contributed by atoms with Crippen LogP contribution in [0, 0.1) is 0 Å². The van der Waals surface area contributed by atoms with Gasteiger partial charge in [-0.05, 0) is 42.7 Å². The number of aliphatic imine (C=N–C) groups is 1. The van der Waals surface area contributed by atoms with Gasteiger partial charge in [0.2, 0.25) is 5.91 Å². The standard InChI is InChI=1S/C20H24N4O3S2/c25-20(15-28-14-16-6-5-10-21-13-16)23-17-7-4-8-18(12-17)29(26,27)24-19-9-2-1-3-11-22-19/h4-8,10,12-13H,1-3,9,11,14-15H2,(H,22,24)(H,23,25). The van der Waals surface area contributed by atoms with Gasteiger partial charge in [0.25, 0.3) is 10.0 Å². The molecule has 29 heavy (non-hydrogen) atoms. The number of hydrogen-bond acceptors (Lipinski definition) is 6. The number of anilines is 1. The van der Waals surface area contributed by atoms with Crippen molar-refractivity contribution in [3.8, 4) is 0 Å². The molecule has 1 aromatic carbocycles. The quantitative estimate of drug-likeness (QED) is 0.700. The van der Waals surface area contributed by atoms with Gasteiger partial charge in [-0.1, -0.05) is 18.6 Å². The Morgan fingerprint density at radius 3 is 2.86 bits per heavy atom. The average Bonchev–Trinajstić information content (AvgIpc) is 2.97. The molecule has 2 N–H and O–H groups in total. The molecule has 1 aliphatic rings. The Bertz CT molecular complexity index is 963. The van der Waals surface area contributed by atoms with Crippen LogP contribution >= 0.6 is 11.8 Å². The highest BCUT2D eigenvalue weighted by Crippen LogP contribution is 2.17. The summed E-state index contributed by atoms with van der Waals surface area (Å²) in [6.45, 7) is 0.644. The van der Waals surface area contributed by atoms with Gasteiger partial charge < -0.3 is 5.32 Å². The van der Waals surface area contributed by atoms with Gasteiger partial charge in [0.15, 0.2) is 0 Å². The molecule has 1 aromatic heterocycles. The minimum Gasteiger partial charge on any atom is -0.325 e. The molecule has 0 unspecified atom stereocenters. The number of hydrogen-bond donors (Lipinski definition) is 2. The Hall–Kier alpha value is -2.39. The molecule has 3 rings (SSSR count). The molecule has 0 aliphatic carbocycles. The molecular formula is C20H24N4O3S2. The SMILES string of the molecule is O=C(CSCc1cccnc1)Nc1cccc(S(=O)(=O)NC2=NCCCCC2)c1. The maximum absolute atomic E-state index is 12.7. The molecular weight excluding hydrogens is 408 g/mol. The van der Waals surface area contributed by atoms with Crippen LogP contribution in [0.2, 0.25) is 0 Å². The summed E-state index contributed by atoms with van der Waals surface area (Å²) >= 11 is 1.47. The number of carbonyl (C=O) groups is 1. The van der Waals surface area contributed by atoms with Crippen LogP contribution in [-0.2, 0) is 20.6 Å². The molecule has 2 aromatic rings. The van der Waals surface area contributed by atoms with E-state index in [1.807, 2.05) is 12.1 Å². The third kappa shape index (κ3) is 6.86. The molecule has 0 saturated heterocycles. The molecule has 0 bridgehead atoms. The topological polar surface area (TPSA) is 101 Å². The molecule has 7 nitrogen and oxygen atoms in total. The number of nitrogens with one attached hydrogen (secondary N) is 2. The highest BCUT2D eigenvalue weighted by molar-refractivity contribution is 7.99. The number of pyridine rings is 1. The summed E-state index contributed by atoms with van der Waals surface area (Å²) < 4.78 is 27.9. The van der Waals surface area contributed by atoms with Crippen LogP contribution < -0.4 is 10.0 Å². The molecule has 0 fully saturated rings. The zero-order chi connectivity index (χ0) is 20.5. The van der Waals surface area contributed by atoms with Crippen molar-refractivity contribution in [2.24, 2.45) is 4.99 Å². The van der Waals surface area contributed by atoms with Crippen LogP contribution in [-0.4, -0.2) is 37.4 Å². The predicted octanol–water partition coefficient (Wildman–Crippen LogP) is 3.20. The number of carbonyl (C=O) groups excluding carboxylic acids is 1. The van der Waals surface area contributed by atoms with Crippen molar-refractivity contribution >= 4 is 39.2 Å². The molecule has 1 amide bonds. The van der Waals surface area contributed by atoms with Crippen molar-refractivity contribution in [3.05, 3.63) is 54.4 Å². The summed E-state index contributed by atoms with van der Waals surface area (Å²) in [5.41, 5.74) is 1.49. The van der Waals surface area contributed by atoms with E-state index in [0.29, 0.717) is 30.2 Å². The van der Waals surface area contributed by atoms with Gasteiger partial charge >= 0.3 is 0 Å². The van der Waals surface area contributed by atoms with Crippen molar-refractivity contribution in [3.63, 3.8) is 0 Å². The van der Waals surface area contributed by atoms with E-state index in [2.05, 4.69) is 20.0 Å². The Morgan fingerprint density at radius 1 is 1.14 bits per heavy atom. The number of sulfonamides is 1. The Labute approximate surface area is 175 Å². The van der Waals surface area contributed by atoms with E-state index in [0.717, 1.165) is 24.8 Å². The van der Waals surface area contributed by atoms with Gasteiger partial charge in [-0.15, -0.1) is 11.8 Å². The van der Waals surface area contributed by atoms with Crippen molar-refractivity contribution in [1.29, 1.82) is 0 Å². The van der Waals surface area contributed by atoms with E-state index in [9.17, 15) is 13.2 Å². The molecule has 0 saturated carbocycles. The van der Waals surface area contributed by atoms with Gasteiger partial charge in [0.1, 0.15) is 5.84 Å². The molecule has 0 atom stereocenters. The maximum atomic E-state index is 12.7. The first-order valence-electron chi connectivity index (χ1n) is 9.46. The minimum atomic E-state index is -3.73. The molecule has 9 heteroatoms. The largest absolute Gasteiger partial charge is 0.325 e. The predicted molar refractivity (Wildman–Crippen MR) is 117 cm³/mol. The number of aromatic nitrogens is 1. The minimum absolute atomic E-state index is 0.102. The summed E-state index contributed by atoms with van der Waals surface area (Å²) in [4.78, 5) is 20.6. The summed E-state index contributed by atoms with van der Waals surface area (Å²) in [5, 5.41) is 2.76. The number of amidine groups is 1. The lowest BCUT2D eigenvalue weighted by Crippen LogP contribution is -2.30. The van der Waals surface area contributed by atoms with E-state index in [1.54, 1.807) is 24.5 Å². The number of thioether (sulfide) groups is 1. The van der Waals surface area contributed by atoms with Crippen LogP contribution in [0.1, 0.15) is 31.2 Å². The highest BCUT2D eigenvalue weighted by Gasteiger charge is 2.18. The summed E-state index contributed by atoms with van der Waals surface area (Å²) in [5.74, 6) is 1.26. The van der Waals surface area contributed by atoms with Gasteiger partial charge in [-0.2, -0.15) is 0 Å². The van der Waals surface area contributed by atoms with Crippen LogP contribution in [0.15, 0.2) is 58.7 Å². The maximum Gasteiger partial charge on any atom is 0.262 e. The number of rotatable bonds is 7. The monoisotopic (exact) mass is 432 g/mol. The van der Waals surface area contributed by atoms with E-state index >= 15 is 0 Å². The first-order valence-corrected chi connectivity index (χ1v) is 12.1. The normalized spacial score (nSPS) is 14.6. The van der Waals surface area contributed by atoms with Crippen LogP contribution in [0.25, 0.3) is 0 Å². The summed E-state index contributed by atoms with van der Waals surface area (Å²) in [6, 6.07) is 10.1. The summed E-state index contributed by atoms with van der Waals surface area (Å²) in [6.07, 6.45) is 7.06. The summed E-state index contributed by atoms with van der Waals surface area (Å²) in [7, 11) is -3.73. The average molecular weight is 433 g/mol. The zero-order valence-corrected chi connectivity index (χ0v) is 17.6. The number of nitrogens with zero attached hydrogens (tertiary/aromatic N) is 2. The fraction of sp³-hybridized carbons (Fsp3) is 0.350. The van der Waals surface area contributed by atoms with Crippen molar-refractivity contribution in [2.45, 2.75) is 36.3 Å². The van der Waals surface area contributed by atoms with Crippen molar-refractivity contribution < 1.29 is 13.2 Å². The van der Waals surface area contributed by atoms with E-state index < -0.39 is 10.0 Å². The lowest BCUT2D eigenvalue weighted by atomic mass is 10.2. The number of amides is 1. The van der Waals surface area contributed by atoms with Gasteiger partial charge in [0.05, 0.1) is 10.6 Å². The molecule has 2 heterocycles. The Kier molecular flexibility index (Phi) is 7.65. The Balaban J connectivity index is 1.56. The smallest absolute Gasteiger partial charge is 0.262 e. The molecule has 154 valence electrons. The number of benzene rings is 1. The van der Waals surface area contributed by atoms with Crippen molar-refractivity contribution in [2.75, 3.05) is 17.6 Å². The first kappa shape index (κ1) is 21.3. The molecule has 1 aliphatic heterocycles. The molecule has 0 radical (unpaired) electrons. The van der Waals surface area contributed by atoms with E-state index in [1.165, 1.54) is 23.9 Å². The van der Waals surface area contributed by atoms with Crippen LogP contribution in [0.5, 0.6) is 0 Å². The first-order chi connectivity index (χ1) is 14.0. The Morgan fingerprint density at radius 2 is 2.03 bits per heavy atom. The second-order valence-corrected chi connectivity index (χ2v) is 9.34. The lowest BCUT2D eigenvalue weighted by molar-refractivity contribution is -0.113. The van der Waals surface area contributed by atoms with Gasteiger partial charge in [-0.3, -0.25) is 19.5 Å². The van der Waals surface area contributed by atoms with E-state index in [-0.39, 0.29) is 16.6 Å². The second kappa shape index (κ2) is 10.4. The van der Waals surface area contributed by atoms with Gasteiger partial charge in [-0.25, -0.2) is 8.42 Å². The van der Waals surface area contributed by atoms with Gasteiger partial charge in [0, 0.05) is 36.8 Å². The highest BCUT2D eigenvalue weighted by atomic mass is 32.2. The third-order valence-electron chi connectivity index (χ3n) is 4.28. The lowest BCUT2D eigenvalue weighted by Gasteiger charge is -2.11. The van der Waals surface area contributed by atoms with E-state index in [4.69, 9.17) is 0 Å². The van der Waals surface area contributed by atoms with Crippen LogP contribution in [0.3, 0.4) is 0 Å².